The molecule has 130 valence electrons. The molecule has 1 aromatic heterocycles. The molecule has 2 N–H and O–H groups in total. The van der Waals surface area contributed by atoms with E-state index >= 15 is 0 Å². The number of nitrogens with zero attached hydrogens (tertiary/aromatic N) is 2. The number of hydrogen-bond acceptors (Lipinski definition) is 4. The minimum absolute atomic E-state index is 0.212. The lowest BCUT2D eigenvalue weighted by Crippen LogP contribution is -2.35. The maximum absolute atomic E-state index is 13.8. The molecule has 25 heavy (non-hydrogen) atoms. The third kappa shape index (κ3) is 3.04. The minimum Gasteiger partial charge on any atom is -0.352 e. The van der Waals surface area contributed by atoms with Gasteiger partial charge in [0.15, 0.2) is 5.82 Å². The summed E-state index contributed by atoms with van der Waals surface area (Å²) in [6.07, 6.45) is 7.69. The molecule has 1 saturated carbocycles. The Labute approximate surface area is 145 Å². The van der Waals surface area contributed by atoms with E-state index in [1.807, 2.05) is 6.07 Å². The van der Waals surface area contributed by atoms with Crippen LogP contribution in [0.3, 0.4) is 0 Å². The number of rotatable bonds is 3. The van der Waals surface area contributed by atoms with E-state index in [-0.39, 0.29) is 5.69 Å². The molecule has 0 spiro atoms. The van der Waals surface area contributed by atoms with Crippen LogP contribution >= 0.6 is 0 Å². The van der Waals surface area contributed by atoms with Gasteiger partial charge in [0.2, 0.25) is 0 Å². The highest BCUT2D eigenvalue weighted by atomic mass is 19.1. The van der Waals surface area contributed by atoms with Crippen LogP contribution in [0.5, 0.6) is 0 Å². The molecule has 1 fully saturated rings. The highest BCUT2D eigenvalue weighted by Gasteiger charge is 2.31. The summed E-state index contributed by atoms with van der Waals surface area (Å²) in [5.41, 5.74) is 1.70. The van der Waals surface area contributed by atoms with Crippen molar-refractivity contribution in [3.05, 3.63) is 54.5 Å². The van der Waals surface area contributed by atoms with Crippen molar-refractivity contribution in [2.24, 2.45) is 0 Å². The van der Waals surface area contributed by atoms with Gasteiger partial charge < -0.3 is 15.5 Å². The molecule has 1 aliphatic heterocycles. The second-order valence-electron chi connectivity index (χ2n) is 6.58. The summed E-state index contributed by atoms with van der Waals surface area (Å²) < 4.78 is 26.8. The topological polar surface area (TPSA) is 40.2 Å². The van der Waals surface area contributed by atoms with Gasteiger partial charge in [0.25, 0.3) is 0 Å². The van der Waals surface area contributed by atoms with Crippen LogP contribution in [0.1, 0.15) is 32.1 Å². The molecule has 0 atom stereocenters. The number of pyridine rings is 1. The van der Waals surface area contributed by atoms with Crippen molar-refractivity contribution in [1.29, 1.82) is 0 Å². The number of nitrogens with one attached hydrogen (secondary N) is 2. The molecule has 0 radical (unpaired) electrons. The zero-order valence-corrected chi connectivity index (χ0v) is 13.9. The maximum atomic E-state index is 13.8. The summed E-state index contributed by atoms with van der Waals surface area (Å²) >= 11 is 0. The van der Waals surface area contributed by atoms with Crippen LogP contribution in [-0.4, -0.2) is 11.0 Å². The van der Waals surface area contributed by atoms with Gasteiger partial charge >= 0.3 is 0 Å². The van der Waals surface area contributed by atoms with Crippen LogP contribution < -0.4 is 15.5 Å². The molecule has 2 aliphatic rings. The monoisotopic (exact) mass is 342 g/mol. The Morgan fingerprint density at radius 2 is 1.96 bits per heavy atom. The maximum Gasteiger partial charge on any atom is 0.158 e. The quantitative estimate of drug-likeness (QED) is 0.810. The first-order valence-corrected chi connectivity index (χ1v) is 8.59. The van der Waals surface area contributed by atoms with Gasteiger partial charge in [-0.2, -0.15) is 0 Å². The Balaban J connectivity index is 1.58. The Morgan fingerprint density at radius 3 is 2.72 bits per heavy atom. The molecule has 4 rings (SSSR count). The third-order valence-electron chi connectivity index (χ3n) is 4.81. The Kier molecular flexibility index (Phi) is 4.03. The molecule has 0 saturated heterocycles. The smallest absolute Gasteiger partial charge is 0.158 e. The number of fused-ring (bicyclic) bond motifs is 1. The fourth-order valence-corrected chi connectivity index (χ4v) is 3.63. The fraction of sp³-hybridized carbons (Fsp3) is 0.316. The average Bonchev–Trinajstić information content (AvgIpc) is 2.93. The van der Waals surface area contributed by atoms with E-state index in [4.69, 9.17) is 0 Å². The largest absolute Gasteiger partial charge is 0.352 e. The first kappa shape index (κ1) is 15.9. The van der Waals surface area contributed by atoms with Gasteiger partial charge in [-0.05, 0) is 31.0 Å². The molecule has 2 heterocycles. The molecule has 6 heteroatoms. The molecule has 4 nitrogen and oxygen atoms in total. The number of aromatic nitrogens is 1. The van der Waals surface area contributed by atoms with E-state index in [9.17, 15) is 8.78 Å². The summed E-state index contributed by atoms with van der Waals surface area (Å²) in [5.74, 6) is 0.458. The van der Waals surface area contributed by atoms with Crippen molar-refractivity contribution < 1.29 is 8.78 Å². The van der Waals surface area contributed by atoms with Crippen LogP contribution in [0, 0.1) is 11.6 Å². The SMILES string of the molecule is C=C1Nc2cc(Nc3ccc(F)cc3F)cnc2N1C1CCCCC1. The summed E-state index contributed by atoms with van der Waals surface area (Å²) in [6.45, 7) is 4.12. The predicted molar refractivity (Wildman–Crippen MR) is 96.0 cm³/mol. The molecule has 0 unspecified atom stereocenters. The number of benzene rings is 1. The molecule has 2 aromatic rings. The molecular weight excluding hydrogens is 322 g/mol. The molecule has 1 aromatic carbocycles. The highest BCUT2D eigenvalue weighted by molar-refractivity contribution is 5.81. The molecule has 0 amide bonds. The summed E-state index contributed by atoms with van der Waals surface area (Å²) in [6, 6.07) is 5.75. The van der Waals surface area contributed by atoms with Gasteiger partial charge in [-0.1, -0.05) is 25.8 Å². The van der Waals surface area contributed by atoms with Gasteiger partial charge in [-0.3, -0.25) is 0 Å². The Bertz CT molecular complexity index is 815. The minimum atomic E-state index is -0.637. The lowest BCUT2D eigenvalue weighted by molar-refractivity contribution is 0.430. The first-order chi connectivity index (χ1) is 12.1. The molecular formula is C19H20F2N4. The van der Waals surface area contributed by atoms with Gasteiger partial charge in [0.1, 0.15) is 17.5 Å². The summed E-state index contributed by atoms with van der Waals surface area (Å²) in [4.78, 5) is 6.73. The molecule has 1 aliphatic carbocycles. The fourth-order valence-electron chi connectivity index (χ4n) is 3.63. The van der Waals surface area contributed by atoms with Crippen molar-refractivity contribution in [2.75, 3.05) is 15.5 Å². The van der Waals surface area contributed by atoms with Crippen LogP contribution in [-0.2, 0) is 0 Å². The van der Waals surface area contributed by atoms with Crippen molar-refractivity contribution in [2.45, 2.75) is 38.1 Å². The normalized spacial score (nSPS) is 17.4. The van der Waals surface area contributed by atoms with Crippen LogP contribution in [0.2, 0.25) is 0 Å². The van der Waals surface area contributed by atoms with Crippen molar-refractivity contribution in [1.82, 2.24) is 4.98 Å². The summed E-state index contributed by atoms with van der Waals surface area (Å²) in [5, 5.41) is 6.22. The van der Waals surface area contributed by atoms with E-state index in [2.05, 4.69) is 27.1 Å². The van der Waals surface area contributed by atoms with Crippen LogP contribution in [0.4, 0.5) is 31.7 Å². The van der Waals surface area contributed by atoms with Gasteiger partial charge in [0.05, 0.1) is 23.3 Å². The van der Waals surface area contributed by atoms with Gasteiger partial charge in [-0.15, -0.1) is 0 Å². The standard InChI is InChI=1S/C19H20F2N4/c1-12-23-18-10-14(24-17-8-7-13(20)9-16(17)21)11-22-19(18)25(12)15-5-3-2-4-6-15/h7-11,15,23-24H,1-6H2. The molecule has 0 bridgehead atoms. The first-order valence-electron chi connectivity index (χ1n) is 8.59. The van der Waals surface area contributed by atoms with Crippen molar-refractivity contribution >= 4 is 22.9 Å². The Hall–Kier alpha value is -2.63. The van der Waals surface area contributed by atoms with E-state index < -0.39 is 11.6 Å². The van der Waals surface area contributed by atoms with Crippen molar-refractivity contribution in [3.63, 3.8) is 0 Å². The van der Waals surface area contributed by atoms with Crippen LogP contribution in [0.25, 0.3) is 0 Å². The zero-order chi connectivity index (χ0) is 17.4. The lowest BCUT2D eigenvalue weighted by Gasteiger charge is -2.32. The van der Waals surface area contributed by atoms with E-state index in [1.165, 1.54) is 31.4 Å². The number of anilines is 4. The van der Waals surface area contributed by atoms with E-state index in [1.54, 1.807) is 6.20 Å². The predicted octanol–water partition coefficient (Wildman–Crippen LogP) is 5.14. The van der Waals surface area contributed by atoms with Gasteiger partial charge in [-0.25, -0.2) is 13.8 Å². The second kappa shape index (κ2) is 6.35. The number of hydrogen-bond donors (Lipinski definition) is 2. The zero-order valence-electron chi connectivity index (χ0n) is 13.9. The summed E-state index contributed by atoms with van der Waals surface area (Å²) in [7, 11) is 0. The average molecular weight is 342 g/mol. The second-order valence-corrected chi connectivity index (χ2v) is 6.58. The highest BCUT2D eigenvalue weighted by Crippen LogP contribution is 2.40. The van der Waals surface area contributed by atoms with E-state index in [0.717, 1.165) is 36.2 Å². The number of halogens is 2. The van der Waals surface area contributed by atoms with Gasteiger partial charge in [0, 0.05) is 12.1 Å². The van der Waals surface area contributed by atoms with E-state index in [0.29, 0.717) is 11.7 Å². The van der Waals surface area contributed by atoms with Crippen molar-refractivity contribution in [3.8, 4) is 0 Å². The lowest BCUT2D eigenvalue weighted by atomic mass is 9.94. The van der Waals surface area contributed by atoms with Crippen LogP contribution in [0.15, 0.2) is 42.9 Å². The Morgan fingerprint density at radius 1 is 1.16 bits per heavy atom. The third-order valence-corrected chi connectivity index (χ3v) is 4.81.